The molecule has 0 radical (unpaired) electrons. The number of rotatable bonds is 7. The van der Waals surface area contributed by atoms with E-state index in [2.05, 4.69) is 43.2 Å². The summed E-state index contributed by atoms with van der Waals surface area (Å²) in [5.74, 6) is 1.85. The molecule has 2 aliphatic carbocycles. The van der Waals surface area contributed by atoms with Gasteiger partial charge in [-0.15, -0.1) is 0 Å². The van der Waals surface area contributed by atoms with Crippen LogP contribution in [0.2, 0.25) is 0 Å². The highest BCUT2D eigenvalue weighted by atomic mass is 16.5. The van der Waals surface area contributed by atoms with E-state index >= 15 is 0 Å². The average molecular weight is 260 g/mol. The standard InChI is InChI=1S/C14H20O.C3H4O/c1-3-5-6-11(4-2)10-15-14-9-12-7-8-13(12)14;1-3-4-2/h7-9,11H,3-6,10H2,1-2H3;1H,2H3. The van der Waals surface area contributed by atoms with E-state index < -0.39 is 0 Å². The Morgan fingerprint density at radius 2 is 2.05 bits per heavy atom. The van der Waals surface area contributed by atoms with Crippen LogP contribution < -0.4 is 4.74 Å². The number of hydrogen-bond acceptors (Lipinski definition) is 2. The van der Waals surface area contributed by atoms with Crippen molar-refractivity contribution in [2.24, 2.45) is 5.92 Å². The fourth-order valence-corrected chi connectivity index (χ4v) is 1.98. The fraction of sp³-hybridized carbons (Fsp3) is 0.529. The van der Waals surface area contributed by atoms with Crippen molar-refractivity contribution < 1.29 is 9.47 Å². The molecule has 2 heteroatoms. The van der Waals surface area contributed by atoms with Gasteiger partial charge in [0.05, 0.1) is 13.7 Å². The van der Waals surface area contributed by atoms with Crippen molar-refractivity contribution in [1.82, 2.24) is 0 Å². The molecule has 2 nitrogen and oxygen atoms in total. The topological polar surface area (TPSA) is 18.5 Å². The van der Waals surface area contributed by atoms with Gasteiger partial charge in [-0.25, -0.2) is 0 Å². The van der Waals surface area contributed by atoms with Crippen LogP contribution in [-0.4, -0.2) is 13.7 Å². The van der Waals surface area contributed by atoms with E-state index in [0.717, 1.165) is 18.3 Å². The van der Waals surface area contributed by atoms with Crippen LogP contribution in [0.15, 0.2) is 18.2 Å². The molecule has 0 bridgehead atoms. The van der Waals surface area contributed by atoms with Gasteiger partial charge in [-0.2, -0.15) is 0 Å². The summed E-state index contributed by atoms with van der Waals surface area (Å²) in [6.07, 6.45) is 11.6. The molecule has 104 valence electrons. The molecule has 0 heterocycles. The van der Waals surface area contributed by atoms with E-state index in [4.69, 9.17) is 4.74 Å². The molecule has 0 aliphatic heterocycles. The maximum atomic E-state index is 5.81. The van der Waals surface area contributed by atoms with Gasteiger partial charge in [-0.05, 0) is 24.0 Å². The first kappa shape index (κ1) is 15.4. The van der Waals surface area contributed by atoms with Crippen molar-refractivity contribution in [2.45, 2.75) is 39.5 Å². The summed E-state index contributed by atoms with van der Waals surface area (Å²) in [6.45, 7) is 5.40. The van der Waals surface area contributed by atoms with Gasteiger partial charge in [0.2, 0.25) is 0 Å². The molecule has 0 N–H and O–H groups in total. The number of methoxy groups -OCH3 is 1. The van der Waals surface area contributed by atoms with E-state index in [0.29, 0.717) is 0 Å². The van der Waals surface area contributed by atoms with Crippen LogP contribution in [0.25, 0.3) is 11.1 Å². The molecule has 0 amide bonds. The van der Waals surface area contributed by atoms with Crippen LogP contribution in [-0.2, 0) is 4.74 Å². The molecule has 1 unspecified atom stereocenters. The lowest BCUT2D eigenvalue weighted by atomic mass is 9.92. The van der Waals surface area contributed by atoms with Crippen LogP contribution in [0.5, 0.6) is 5.75 Å². The molecule has 0 aromatic heterocycles. The van der Waals surface area contributed by atoms with Gasteiger partial charge in [0.1, 0.15) is 11.9 Å². The second-order valence-corrected chi connectivity index (χ2v) is 4.76. The summed E-state index contributed by atoms with van der Waals surface area (Å²) in [5.41, 5.74) is 2.70. The molecule has 1 atom stereocenters. The van der Waals surface area contributed by atoms with Crippen molar-refractivity contribution in [3.8, 4) is 29.4 Å². The van der Waals surface area contributed by atoms with Crippen molar-refractivity contribution in [3.63, 3.8) is 0 Å². The molecule has 2 aliphatic rings. The smallest absolute Gasteiger partial charge is 0.127 e. The normalized spacial score (nSPS) is 11.7. The summed E-state index contributed by atoms with van der Waals surface area (Å²) in [6, 6.07) is 6.41. The molecule has 19 heavy (non-hydrogen) atoms. The van der Waals surface area contributed by atoms with Gasteiger partial charge in [-0.1, -0.05) is 51.7 Å². The molecule has 0 saturated carbocycles. The number of ether oxygens (including phenoxy) is 2. The quantitative estimate of drug-likeness (QED) is 0.683. The van der Waals surface area contributed by atoms with E-state index in [1.807, 2.05) is 6.11 Å². The van der Waals surface area contributed by atoms with Gasteiger partial charge in [0, 0.05) is 5.56 Å². The van der Waals surface area contributed by atoms with Gasteiger partial charge in [0.15, 0.2) is 0 Å². The van der Waals surface area contributed by atoms with E-state index in [9.17, 15) is 0 Å². The predicted molar refractivity (Wildman–Crippen MR) is 80.1 cm³/mol. The molecule has 0 spiro atoms. The largest absolute Gasteiger partial charge is 0.493 e. The second-order valence-electron chi connectivity index (χ2n) is 4.76. The first-order valence-corrected chi connectivity index (χ1v) is 7.02. The van der Waals surface area contributed by atoms with Crippen LogP contribution in [0.4, 0.5) is 0 Å². The number of benzene rings is 1. The Labute approximate surface area is 117 Å². The van der Waals surface area contributed by atoms with Crippen LogP contribution in [0, 0.1) is 18.4 Å². The van der Waals surface area contributed by atoms with Crippen LogP contribution in [0.1, 0.15) is 39.5 Å². The lowest BCUT2D eigenvalue weighted by molar-refractivity contribution is 0.232. The number of hydrogen-bond donors (Lipinski definition) is 0. The lowest BCUT2D eigenvalue weighted by Crippen LogP contribution is -2.13. The Kier molecular flexibility index (Phi) is 6.89. The van der Waals surface area contributed by atoms with Crippen molar-refractivity contribution in [3.05, 3.63) is 18.2 Å². The average Bonchev–Trinajstić information content (AvgIpc) is 2.43. The molecule has 0 fully saturated rings. The first-order chi connectivity index (χ1) is 9.26. The summed E-state index contributed by atoms with van der Waals surface area (Å²) in [5, 5.41) is 0. The summed E-state index contributed by atoms with van der Waals surface area (Å²) < 4.78 is 9.88. The highest BCUT2D eigenvalue weighted by Crippen LogP contribution is 2.43. The molecule has 0 aromatic carbocycles. The van der Waals surface area contributed by atoms with E-state index in [1.165, 1.54) is 43.9 Å². The first-order valence-electron chi connectivity index (χ1n) is 7.02. The Bertz CT molecular complexity index is 418. The third-order valence-electron chi connectivity index (χ3n) is 3.43. The lowest BCUT2D eigenvalue weighted by Gasteiger charge is -2.23. The monoisotopic (exact) mass is 260 g/mol. The van der Waals surface area contributed by atoms with Crippen molar-refractivity contribution in [1.29, 1.82) is 0 Å². The van der Waals surface area contributed by atoms with E-state index in [-0.39, 0.29) is 0 Å². The molecular formula is C17H24O2. The Morgan fingerprint density at radius 3 is 2.42 bits per heavy atom. The van der Waals surface area contributed by atoms with Gasteiger partial charge < -0.3 is 9.47 Å². The molecule has 0 saturated heterocycles. The SMILES string of the molecule is C#COC.CCCCC(CC)COc1cc2ccc1-2. The Hall–Kier alpha value is -1.62. The molecule has 0 aromatic rings. The minimum Gasteiger partial charge on any atom is -0.493 e. The second kappa shape index (κ2) is 8.48. The zero-order valence-electron chi connectivity index (χ0n) is 12.2. The minimum absolute atomic E-state index is 0.736. The minimum atomic E-state index is 0.736. The maximum Gasteiger partial charge on any atom is 0.127 e. The number of terminal acetylenes is 1. The highest BCUT2D eigenvalue weighted by Gasteiger charge is 2.18. The number of fused-ring (bicyclic) bond motifs is 1. The molecular weight excluding hydrogens is 236 g/mol. The molecule has 2 rings (SSSR count). The highest BCUT2D eigenvalue weighted by molar-refractivity contribution is 5.84. The van der Waals surface area contributed by atoms with E-state index in [1.54, 1.807) is 0 Å². The predicted octanol–water partition coefficient (Wildman–Crippen LogP) is 4.49. The third kappa shape index (κ3) is 4.52. The van der Waals surface area contributed by atoms with Crippen molar-refractivity contribution >= 4 is 0 Å². The van der Waals surface area contributed by atoms with Gasteiger partial charge >= 0.3 is 0 Å². The third-order valence-corrected chi connectivity index (χ3v) is 3.43. The number of unbranched alkanes of at least 4 members (excludes halogenated alkanes) is 1. The maximum absolute atomic E-state index is 5.81. The van der Waals surface area contributed by atoms with Crippen LogP contribution >= 0.6 is 0 Å². The zero-order chi connectivity index (χ0) is 14.1. The summed E-state index contributed by atoms with van der Waals surface area (Å²) in [7, 11) is 1.44. The zero-order valence-corrected chi connectivity index (χ0v) is 12.2. The van der Waals surface area contributed by atoms with Gasteiger partial charge in [0.25, 0.3) is 0 Å². The van der Waals surface area contributed by atoms with Crippen molar-refractivity contribution in [2.75, 3.05) is 13.7 Å². The van der Waals surface area contributed by atoms with Gasteiger partial charge in [-0.3, -0.25) is 0 Å². The Morgan fingerprint density at radius 1 is 1.32 bits per heavy atom. The summed E-state index contributed by atoms with van der Waals surface area (Å²) >= 11 is 0. The summed E-state index contributed by atoms with van der Waals surface area (Å²) in [4.78, 5) is 0. The Balaban J connectivity index is 0.000000399. The fourth-order valence-electron chi connectivity index (χ4n) is 1.98. The van der Waals surface area contributed by atoms with Crippen LogP contribution in [0.3, 0.4) is 0 Å².